The molecule has 0 aromatic heterocycles. The van der Waals surface area contributed by atoms with Gasteiger partial charge >= 0.3 is 0 Å². The SMILES string of the molecule is O=[C]c1c(Cl)cccc1Cl. The van der Waals surface area contributed by atoms with E-state index in [0.717, 1.165) is 0 Å². The Morgan fingerprint density at radius 1 is 1.20 bits per heavy atom. The summed E-state index contributed by atoms with van der Waals surface area (Å²) in [6, 6.07) is 4.85. The fraction of sp³-hybridized carbons (Fsp3) is 0. The molecule has 1 rings (SSSR count). The molecule has 1 aromatic rings. The highest BCUT2D eigenvalue weighted by molar-refractivity contribution is 6.38. The third-order valence-electron chi connectivity index (χ3n) is 1.06. The highest BCUT2D eigenvalue weighted by Crippen LogP contribution is 2.21. The Kier molecular flexibility index (Phi) is 2.30. The van der Waals surface area contributed by atoms with Gasteiger partial charge in [-0.15, -0.1) is 0 Å². The molecule has 0 unspecified atom stereocenters. The van der Waals surface area contributed by atoms with E-state index < -0.39 is 0 Å². The van der Waals surface area contributed by atoms with Crippen molar-refractivity contribution in [2.24, 2.45) is 0 Å². The van der Waals surface area contributed by atoms with Crippen molar-refractivity contribution in [2.45, 2.75) is 0 Å². The third-order valence-corrected chi connectivity index (χ3v) is 1.69. The van der Waals surface area contributed by atoms with E-state index in [1.54, 1.807) is 24.5 Å². The second-order valence-corrected chi connectivity index (χ2v) is 2.51. The molecule has 0 N–H and O–H groups in total. The van der Waals surface area contributed by atoms with E-state index in [0.29, 0.717) is 10.0 Å². The molecule has 1 nitrogen and oxygen atoms in total. The number of rotatable bonds is 1. The molecule has 0 saturated heterocycles. The van der Waals surface area contributed by atoms with E-state index in [9.17, 15) is 4.79 Å². The number of hydrogen-bond acceptors (Lipinski definition) is 1. The van der Waals surface area contributed by atoms with Crippen LogP contribution in [0.3, 0.4) is 0 Å². The molecule has 0 aliphatic heterocycles. The maximum Gasteiger partial charge on any atom is 0.236 e. The summed E-state index contributed by atoms with van der Waals surface area (Å²) in [5.74, 6) is 0. The maximum absolute atomic E-state index is 10.2. The zero-order chi connectivity index (χ0) is 7.56. The zero-order valence-corrected chi connectivity index (χ0v) is 6.41. The van der Waals surface area contributed by atoms with Crippen LogP contribution < -0.4 is 0 Å². The Bertz CT molecular complexity index is 238. The maximum atomic E-state index is 10.2. The normalized spacial score (nSPS) is 9.40. The molecule has 0 atom stereocenters. The number of carbonyl (C=O) groups excluding carboxylic acids is 1. The van der Waals surface area contributed by atoms with Gasteiger partial charge in [-0.1, -0.05) is 29.3 Å². The third kappa shape index (κ3) is 1.31. The summed E-state index contributed by atoms with van der Waals surface area (Å²) in [6.45, 7) is 0. The van der Waals surface area contributed by atoms with Crippen LogP contribution in [-0.4, -0.2) is 6.29 Å². The molecule has 1 radical (unpaired) electrons. The van der Waals surface area contributed by atoms with Gasteiger partial charge in [-0.25, -0.2) is 0 Å². The highest BCUT2D eigenvalue weighted by atomic mass is 35.5. The molecule has 0 bridgehead atoms. The van der Waals surface area contributed by atoms with E-state index in [1.165, 1.54) is 0 Å². The van der Waals surface area contributed by atoms with E-state index in [2.05, 4.69) is 0 Å². The van der Waals surface area contributed by atoms with Crippen LogP contribution in [0.1, 0.15) is 5.56 Å². The lowest BCUT2D eigenvalue weighted by Gasteiger charge is -1.94. The first-order chi connectivity index (χ1) is 4.75. The first-order valence-corrected chi connectivity index (χ1v) is 3.33. The quantitative estimate of drug-likeness (QED) is 0.638. The van der Waals surface area contributed by atoms with Gasteiger partial charge in [0.15, 0.2) is 0 Å². The minimum atomic E-state index is 0.228. The lowest BCUT2D eigenvalue weighted by atomic mass is 10.2. The van der Waals surface area contributed by atoms with Crippen LogP contribution in [0.4, 0.5) is 0 Å². The van der Waals surface area contributed by atoms with E-state index in [-0.39, 0.29) is 5.56 Å². The van der Waals surface area contributed by atoms with Crippen LogP contribution >= 0.6 is 23.2 Å². The summed E-state index contributed by atoms with van der Waals surface area (Å²) in [5.41, 5.74) is 0.228. The van der Waals surface area contributed by atoms with Gasteiger partial charge in [0.2, 0.25) is 6.29 Å². The lowest BCUT2D eigenvalue weighted by Crippen LogP contribution is -1.82. The van der Waals surface area contributed by atoms with E-state index in [1.807, 2.05) is 0 Å². The Morgan fingerprint density at radius 2 is 1.70 bits per heavy atom. The van der Waals surface area contributed by atoms with Crippen LogP contribution in [0.15, 0.2) is 18.2 Å². The second-order valence-electron chi connectivity index (χ2n) is 1.70. The molecule has 0 spiro atoms. The van der Waals surface area contributed by atoms with Crippen LogP contribution in [0.25, 0.3) is 0 Å². The van der Waals surface area contributed by atoms with Crippen LogP contribution in [0.2, 0.25) is 10.0 Å². The average molecular weight is 174 g/mol. The molecule has 0 fully saturated rings. The molecule has 0 heterocycles. The van der Waals surface area contributed by atoms with Gasteiger partial charge in [-0.2, -0.15) is 0 Å². The van der Waals surface area contributed by atoms with Crippen LogP contribution in [-0.2, 0) is 4.79 Å². The predicted octanol–water partition coefficient (Wildman–Crippen LogP) is 2.45. The number of hydrogen-bond donors (Lipinski definition) is 0. The molecule has 0 amide bonds. The van der Waals surface area contributed by atoms with Crippen molar-refractivity contribution >= 4 is 29.5 Å². The Hall–Kier alpha value is -0.530. The lowest BCUT2D eigenvalue weighted by molar-refractivity contribution is 0.563. The smallest absolute Gasteiger partial charge is 0.236 e. The molecule has 0 aliphatic carbocycles. The fourth-order valence-corrected chi connectivity index (χ4v) is 1.07. The minimum Gasteiger partial charge on any atom is -0.285 e. The van der Waals surface area contributed by atoms with Crippen LogP contribution in [0, 0.1) is 0 Å². The van der Waals surface area contributed by atoms with Gasteiger partial charge in [0, 0.05) is 0 Å². The first-order valence-electron chi connectivity index (χ1n) is 2.58. The van der Waals surface area contributed by atoms with Crippen molar-refractivity contribution < 1.29 is 4.79 Å². The van der Waals surface area contributed by atoms with Crippen LogP contribution in [0.5, 0.6) is 0 Å². The zero-order valence-electron chi connectivity index (χ0n) is 4.90. The molecular formula is C7H3Cl2O. The molecule has 3 heteroatoms. The molecule has 51 valence electrons. The standard InChI is InChI=1S/C7H3Cl2O/c8-6-2-1-3-7(9)5(6)4-10/h1-3H. The van der Waals surface area contributed by atoms with Crippen molar-refractivity contribution in [1.29, 1.82) is 0 Å². The van der Waals surface area contributed by atoms with E-state index in [4.69, 9.17) is 23.2 Å². The van der Waals surface area contributed by atoms with Gasteiger partial charge in [-0.3, -0.25) is 4.79 Å². The van der Waals surface area contributed by atoms with Gasteiger partial charge in [0.05, 0.1) is 15.6 Å². The summed E-state index contributed by atoms with van der Waals surface area (Å²) in [7, 11) is 0. The summed E-state index contributed by atoms with van der Waals surface area (Å²) in [4.78, 5) is 10.2. The van der Waals surface area contributed by atoms with Crippen molar-refractivity contribution in [1.82, 2.24) is 0 Å². The number of benzene rings is 1. The van der Waals surface area contributed by atoms with Crippen molar-refractivity contribution in [3.63, 3.8) is 0 Å². The second kappa shape index (κ2) is 3.04. The van der Waals surface area contributed by atoms with Gasteiger partial charge < -0.3 is 0 Å². The Labute approximate surface area is 68.6 Å². The minimum absolute atomic E-state index is 0.228. The molecule has 0 aliphatic rings. The topological polar surface area (TPSA) is 17.1 Å². The van der Waals surface area contributed by atoms with E-state index >= 15 is 0 Å². The summed E-state index contributed by atoms with van der Waals surface area (Å²) >= 11 is 11.2. The molecule has 1 aromatic carbocycles. The summed E-state index contributed by atoms with van der Waals surface area (Å²) in [6.07, 6.45) is 1.65. The monoisotopic (exact) mass is 173 g/mol. The van der Waals surface area contributed by atoms with Crippen molar-refractivity contribution in [3.8, 4) is 0 Å². The largest absolute Gasteiger partial charge is 0.285 e. The Balaban J connectivity index is 3.30. The molecule has 10 heavy (non-hydrogen) atoms. The number of halogens is 2. The fourth-order valence-electron chi connectivity index (χ4n) is 0.595. The summed E-state index contributed by atoms with van der Waals surface area (Å²) in [5, 5.41) is 0.671. The highest BCUT2D eigenvalue weighted by Gasteiger charge is 2.02. The average Bonchev–Trinajstić information content (AvgIpc) is 1.88. The predicted molar refractivity (Wildman–Crippen MR) is 41.3 cm³/mol. The van der Waals surface area contributed by atoms with Gasteiger partial charge in [0.25, 0.3) is 0 Å². The van der Waals surface area contributed by atoms with Gasteiger partial charge in [-0.05, 0) is 12.1 Å². The summed E-state index contributed by atoms with van der Waals surface area (Å²) < 4.78 is 0. The molecular weight excluding hydrogens is 171 g/mol. The first kappa shape index (κ1) is 7.58. The molecule has 0 saturated carbocycles. The Morgan fingerprint density at radius 3 is 2.00 bits per heavy atom. The van der Waals surface area contributed by atoms with Crippen molar-refractivity contribution in [3.05, 3.63) is 33.8 Å². The van der Waals surface area contributed by atoms with Crippen molar-refractivity contribution in [2.75, 3.05) is 0 Å². The van der Waals surface area contributed by atoms with Gasteiger partial charge in [0.1, 0.15) is 0 Å².